The zero-order valence-electron chi connectivity index (χ0n) is 13.3. The highest BCUT2D eigenvalue weighted by Gasteiger charge is 2.12. The molecule has 0 aromatic heterocycles. The van der Waals surface area contributed by atoms with E-state index in [2.05, 4.69) is 21.6 Å². The number of hydrogen-bond acceptors (Lipinski definition) is 3. The number of aliphatic hydroxyl groups excluding tert-OH is 1. The molecule has 1 aliphatic heterocycles. The summed E-state index contributed by atoms with van der Waals surface area (Å²) >= 11 is 0. The molecule has 5 heteroatoms. The molecule has 1 heterocycles. The van der Waals surface area contributed by atoms with Crippen molar-refractivity contribution in [3.05, 3.63) is 24.3 Å². The van der Waals surface area contributed by atoms with Crippen LogP contribution in [0.4, 0.5) is 16.2 Å². The Bertz CT molecular complexity index is 473. The van der Waals surface area contributed by atoms with Crippen LogP contribution < -0.4 is 15.5 Å². The van der Waals surface area contributed by atoms with Gasteiger partial charge >= 0.3 is 6.03 Å². The first-order chi connectivity index (χ1) is 10.7. The topological polar surface area (TPSA) is 64.6 Å². The van der Waals surface area contributed by atoms with Gasteiger partial charge in [0.25, 0.3) is 0 Å². The Morgan fingerprint density at radius 2 is 2.09 bits per heavy atom. The maximum atomic E-state index is 12.0. The molecule has 2 amide bonds. The number of hydrogen-bond donors (Lipinski definition) is 3. The maximum absolute atomic E-state index is 12.0. The molecule has 1 aromatic carbocycles. The fourth-order valence-electron chi connectivity index (χ4n) is 2.79. The lowest BCUT2D eigenvalue weighted by atomic mass is 10.1. The van der Waals surface area contributed by atoms with Gasteiger partial charge in [-0.2, -0.15) is 0 Å². The zero-order chi connectivity index (χ0) is 15.8. The lowest BCUT2D eigenvalue weighted by molar-refractivity contribution is 0.245. The van der Waals surface area contributed by atoms with E-state index in [0.29, 0.717) is 6.42 Å². The molecule has 1 aromatic rings. The van der Waals surface area contributed by atoms with Crippen LogP contribution in [0.15, 0.2) is 24.3 Å². The highest BCUT2D eigenvalue weighted by molar-refractivity contribution is 5.90. The van der Waals surface area contributed by atoms with E-state index in [4.69, 9.17) is 5.11 Å². The van der Waals surface area contributed by atoms with Gasteiger partial charge in [-0.05, 0) is 57.2 Å². The zero-order valence-corrected chi connectivity index (χ0v) is 13.3. The van der Waals surface area contributed by atoms with Gasteiger partial charge < -0.3 is 20.6 Å². The SMILES string of the molecule is CC(CCCO)NC(=O)Nc1cccc(N2CCCCC2)c1. The maximum Gasteiger partial charge on any atom is 0.319 e. The molecule has 1 aliphatic rings. The summed E-state index contributed by atoms with van der Waals surface area (Å²) in [5.74, 6) is 0. The van der Waals surface area contributed by atoms with Gasteiger partial charge in [-0.1, -0.05) is 6.07 Å². The Kier molecular flexibility index (Phi) is 6.52. The number of piperidine rings is 1. The second kappa shape index (κ2) is 8.63. The van der Waals surface area contributed by atoms with Crippen molar-refractivity contribution < 1.29 is 9.90 Å². The quantitative estimate of drug-likeness (QED) is 0.757. The molecule has 0 aliphatic carbocycles. The van der Waals surface area contributed by atoms with Crippen molar-refractivity contribution in [1.82, 2.24) is 5.32 Å². The molecule has 22 heavy (non-hydrogen) atoms. The summed E-state index contributed by atoms with van der Waals surface area (Å²) in [5, 5.41) is 14.6. The summed E-state index contributed by atoms with van der Waals surface area (Å²) in [6.45, 7) is 4.28. The minimum atomic E-state index is -0.193. The predicted molar refractivity (Wildman–Crippen MR) is 90.4 cm³/mol. The van der Waals surface area contributed by atoms with Gasteiger partial charge in [0.15, 0.2) is 0 Å². The Morgan fingerprint density at radius 3 is 2.82 bits per heavy atom. The fourth-order valence-corrected chi connectivity index (χ4v) is 2.79. The van der Waals surface area contributed by atoms with Gasteiger partial charge in [0.1, 0.15) is 0 Å². The first-order valence-electron chi connectivity index (χ1n) is 8.22. The number of carbonyl (C=O) groups excluding carboxylic acids is 1. The molecule has 0 radical (unpaired) electrons. The highest BCUT2D eigenvalue weighted by atomic mass is 16.3. The van der Waals surface area contributed by atoms with E-state index in [0.717, 1.165) is 25.2 Å². The van der Waals surface area contributed by atoms with E-state index in [9.17, 15) is 4.79 Å². The molecule has 3 N–H and O–H groups in total. The van der Waals surface area contributed by atoms with E-state index in [1.54, 1.807) is 0 Å². The molecule has 1 fully saturated rings. The van der Waals surface area contributed by atoms with Gasteiger partial charge in [0.2, 0.25) is 0 Å². The predicted octanol–water partition coefficient (Wildman–Crippen LogP) is 2.96. The summed E-state index contributed by atoms with van der Waals surface area (Å²) in [7, 11) is 0. The molecule has 0 spiro atoms. The Labute approximate surface area is 132 Å². The molecule has 5 nitrogen and oxygen atoms in total. The van der Waals surface area contributed by atoms with Crippen molar-refractivity contribution in [1.29, 1.82) is 0 Å². The third-order valence-corrected chi connectivity index (χ3v) is 4.00. The standard InChI is InChI=1S/C17H27N3O2/c1-14(7-6-12-21)18-17(22)19-15-8-5-9-16(13-15)20-10-3-2-4-11-20/h5,8-9,13-14,21H,2-4,6-7,10-12H2,1H3,(H2,18,19,22). The van der Waals surface area contributed by atoms with E-state index in [1.165, 1.54) is 24.9 Å². The molecule has 0 bridgehead atoms. The Morgan fingerprint density at radius 1 is 1.32 bits per heavy atom. The number of benzene rings is 1. The Balaban J connectivity index is 1.88. The first-order valence-corrected chi connectivity index (χ1v) is 8.22. The lowest BCUT2D eigenvalue weighted by Gasteiger charge is -2.29. The van der Waals surface area contributed by atoms with E-state index in [1.807, 2.05) is 25.1 Å². The number of aliphatic hydroxyl groups is 1. The van der Waals surface area contributed by atoms with Crippen molar-refractivity contribution in [3.63, 3.8) is 0 Å². The monoisotopic (exact) mass is 305 g/mol. The summed E-state index contributed by atoms with van der Waals surface area (Å²) in [4.78, 5) is 14.3. The van der Waals surface area contributed by atoms with Crippen LogP contribution in [-0.4, -0.2) is 36.9 Å². The third-order valence-electron chi connectivity index (χ3n) is 4.00. The van der Waals surface area contributed by atoms with Crippen LogP contribution in [0.1, 0.15) is 39.0 Å². The van der Waals surface area contributed by atoms with Crippen LogP contribution in [0.25, 0.3) is 0 Å². The van der Waals surface area contributed by atoms with Crippen LogP contribution >= 0.6 is 0 Å². The van der Waals surface area contributed by atoms with E-state index < -0.39 is 0 Å². The Hall–Kier alpha value is -1.75. The number of nitrogens with one attached hydrogen (secondary N) is 2. The lowest BCUT2D eigenvalue weighted by Crippen LogP contribution is -2.36. The molecule has 1 saturated heterocycles. The molecule has 2 rings (SSSR count). The van der Waals surface area contributed by atoms with Crippen LogP contribution in [0.5, 0.6) is 0 Å². The smallest absolute Gasteiger partial charge is 0.319 e. The van der Waals surface area contributed by atoms with Gasteiger partial charge in [-0.15, -0.1) is 0 Å². The number of nitrogens with zero attached hydrogens (tertiary/aromatic N) is 1. The van der Waals surface area contributed by atoms with Crippen molar-refractivity contribution in [2.75, 3.05) is 29.9 Å². The third kappa shape index (κ3) is 5.22. The summed E-state index contributed by atoms with van der Waals surface area (Å²) < 4.78 is 0. The van der Waals surface area contributed by atoms with Crippen molar-refractivity contribution in [3.8, 4) is 0 Å². The number of urea groups is 1. The summed E-state index contributed by atoms with van der Waals surface area (Å²) in [6.07, 6.45) is 5.26. The number of rotatable bonds is 6. The van der Waals surface area contributed by atoms with E-state index >= 15 is 0 Å². The molecular weight excluding hydrogens is 278 g/mol. The fraction of sp³-hybridized carbons (Fsp3) is 0.588. The van der Waals surface area contributed by atoms with Crippen LogP contribution in [0.2, 0.25) is 0 Å². The van der Waals surface area contributed by atoms with Crippen LogP contribution in [0, 0.1) is 0 Å². The van der Waals surface area contributed by atoms with Gasteiger partial charge in [-0.25, -0.2) is 4.79 Å². The minimum Gasteiger partial charge on any atom is -0.396 e. The first kappa shape index (κ1) is 16.6. The number of anilines is 2. The van der Waals surface area contributed by atoms with Gasteiger partial charge in [0.05, 0.1) is 0 Å². The highest BCUT2D eigenvalue weighted by Crippen LogP contribution is 2.22. The van der Waals surface area contributed by atoms with Crippen LogP contribution in [0.3, 0.4) is 0 Å². The van der Waals surface area contributed by atoms with Gasteiger partial charge in [0, 0.05) is 37.1 Å². The summed E-state index contributed by atoms with van der Waals surface area (Å²) in [5.41, 5.74) is 1.99. The molecular formula is C17H27N3O2. The second-order valence-corrected chi connectivity index (χ2v) is 5.96. The molecule has 122 valence electrons. The molecule has 0 saturated carbocycles. The number of amides is 2. The van der Waals surface area contributed by atoms with Gasteiger partial charge in [-0.3, -0.25) is 0 Å². The van der Waals surface area contributed by atoms with Crippen molar-refractivity contribution >= 4 is 17.4 Å². The van der Waals surface area contributed by atoms with Crippen LogP contribution in [-0.2, 0) is 0 Å². The van der Waals surface area contributed by atoms with Crippen molar-refractivity contribution in [2.24, 2.45) is 0 Å². The minimum absolute atomic E-state index is 0.0532. The van der Waals surface area contributed by atoms with Crippen molar-refractivity contribution in [2.45, 2.75) is 45.1 Å². The summed E-state index contributed by atoms with van der Waals surface area (Å²) in [6, 6.07) is 7.88. The molecule has 1 unspecified atom stereocenters. The average molecular weight is 305 g/mol. The van der Waals surface area contributed by atoms with E-state index in [-0.39, 0.29) is 18.7 Å². The average Bonchev–Trinajstić information content (AvgIpc) is 2.54. The normalized spacial score (nSPS) is 16.2. The number of carbonyl (C=O) groups is 1. The molecule has 1 atom stereocenters. The largest absolute Gasteiger partial charge is 0.396 e. The second-order valence-electron chi connectivity index (χ2n) is 5.96.